The lowest BCUT2D eigenvalue weighted by molar-refractivity contribution is 0.290. The van der Waals surface area contributed by atoms with Crippen molar-refractivity contribution >= 4 is 12.6 Å². The highest BCUT2D eigenvalue weighted by Gasteiger charge is 2.10. The molecular weight excluding hydrogens is 200 g/mol. The van der Waals surface area contributed by atoms with E-state index in [0.717, 1.165) is 10.5 Å². The molecule has 0 heterocycles. The Morgan fingerprint density at radius 2 is 1.57 bits per heavy atom. The monoisotopic (exact) mass is 214 g/mol. The van der Waals surface area contributed by atoms with Crippen LogP contribution < -0.4 is 0 Å². The number of phenolic OH excluding ortho intramolecular Hbond substituents is 1. The van der Waals surface area contributed by atoms with Gasteiger partial charge in [0.25, 0.3) is 0 Å². The van der Waals surface area contributed by atoms with E-state index in [4.69, 9.17) is 10.2 Å². The molecule has 0 aliphatic rings. The summed E-state index contributed by atoms with van der Waals surface area (Å²) in [5.74, 6) is 0.153. The summed E-state index contributed by atoms with van der Waals surface area (Å²) >= 11 is 4.24. The van der Waals surface area contributed by atoms with Gasteiger partial charge >= 0.3 is 0 Å². The smallest absolute Gasteiger partial charge is 0.119 e. The van der Waals surface area contributed by atoms with Crippen LogP contribution in [0.5, 0.6) is 5.75 Å². The van der Waals surface area contributed by atoms with E-state index in [9.17, 15) is 5.11 Å². The lowest BCUT2D eigenvalue weighted by Crippen LogP contribution is -2.02. The molecule has 0 fully saturated rings. The molecule has 0 atom stereocenters. The van der Waals surface area contributed by atoms with Crippen LogP contribution in [-0.4, -0.2) is 28.5 Å². The molecule has 3 N–H and O–H groups in total. The number of aliphatic hydroxyl groups is 2. The van der Waals surface area contributed by atoms with Gasteiger partial charge in [-0.1, -0.05) is 0 Å². The van der Waals surface area contributed by atoms with Crippen molar-refractivity contribution in [3.8, 4) is 5.75 Å². The van der Waals surface area contributed by atoms with Crippen LogP contribution in [0.3, 0.4) is 0 Å². The van der Waals surface area contributed by atoms with Crippen LogP contribution in [0.1, 0.15) is 11.1 Å². The fraction of sp³-hybridized carbons (Fsp3) is 0.400. The summed E-state index contributed by atoms with van der Waals surface area (Å²) in [6.07, 6.45) is 0.831. The van der Waals surface area contributed by atoms with E-state index < -0.39 is 0 Å². The van der Waals surface area contributed by atoms with Gasteiger partial charge in [-0.3, -0.25) is 0 Å². The molecule has 0 aliphatic heterocycles. The van der Waals surface area contributed by atoms with Gasteiger partial charge in [-0.25, -0.2) is 0 Å². The van der Waals surface area contributed by atoms with Crippen LogP contribution in [-0.2, 0) is 12.8 Å². The van der Waals surface area contributed by atoms with E-state index in [-0.39, 0.29) is 19.0 Å². The van der Waals surface area contributed by atoms with Crippen molar-refractivity contribution in [1.82, 2.24) is 0 Å². The molecule has 3 nitrogen and oxygen atoms in total. The maximum absolute atomic E-state index is 9.55. The zero-order valence-corrected chi connectivity index (χ0v) is 8.67. The highest BCUT2D eigenvalue weighted by molar-refractivity contribution is 7.80. The number of aromatic hydroxyl groups is 1. The predicted molar refractivity (Wildman–Crippen MR) is 56.9 cm³/mol. The highest BCUT2D eigenvalue weighted by atomic mass is 32.1. The van der Waals surface area contributed by atoms with E-state index in [1.807, 2.05) is 0 Å². The quantitative estimate of drug-likeness (QED) is 0.559. The van der Waals surface area contributed by atoms with Crippen molar-refractivity contribution in [2.45, 2.75) is 17.7 Å². The van der Waals surface area contributed by atoms with E-state index in [1.165, 1.54) is 0 Å². The number of aliphatic hydroxyl groups excluding tert-OH is 2. The number of phenols is 1. The number of benzene rings is 1. The standard InChI is InChI=1S/C10H14O3S/c11-5-3-7-8(4-6-12)10(14)2-1-9(7)13/h1-2,11-14H,3-6H2. The Kier molecular flexibility index (Phi) is 4.25. The third kappa shape index (κ3) is 2.41. The minimum Gasteiger partial charge on any atom is -0.508 e. The molecule has 0 saturated heterocycles. The normalized spacial score (nSPS) is 10.5. The van der Waals surface area contributed by atoms with Crippen molar-refractivity contribution in [3.63, 3.8) is 0 Å². The number of hydrogen-bond acceptors (Lipinski definition) is 4. The third-order valence-electron chi connectivity index (χ3n) is 2.11. The molecule has 0 spiro atoms. The average molecular weight is 214 g/mol. The zero-order chi connectivity index (χ0) is 10.6. The summed E-state index contributed by atoms with van der Waals surface area (Å²) in [6.45, 7) is -0.0152. The van der Waals surface area contributed by atoms with Gasteiger partial charge in [-0.15, -0.1) is 12.6 Å². The Hall–Kier alpha value is -0.710. The molecule has 4 heteroatoms. The van der Waals surface area contributed by atoms with Gasteiger partial charge < -0.3 is 15.3 Å². The zero-order valence-electron chi connectivity index (χ0n) is 7.77. The van der Waals surface area contributed by atoms with Crippen molar-refractivity contribution in [2.24, 2.45) is 0 Å². The first kappa shape index (κ1) is 11.4. The second-order valence-electron chi connectivity index (χ2n) is 3.01. The van der Waals surface area contributed by atoms with E-state index >= 15 is 0 Å². The van der Waals surface area contributed by atoms with Crippen molar-refractivity contribution < 1.29 is 15.3 Å². The molecular formula is C10H14O3S. The minimum atomic E-state index is -0.0246. The molecule has 0 aromatic heterocycles. The van der Waals surface area contributed by atoms with E-state index in [0.29, 0.717) is 18.4 Å². The molecule has 0 saturated carbocycles. The average Bonchev–Trinajstić information content (AvgIpc) is 2.17. The van der Waals surface area contributed by atoms with Crippen molar-refractivity contribution in [1.29, 1.82) is 0 Å². The van der Waals surface area contributed by atoms with Crippen LogP contribution in [0, 0.1) is 0 Å². The van der Waals surface area contributed by atoms with E-state index in [2.05, 4.69) is 12.6 Å². The van der Waals surface area contributed by atoms with Crippen LogP contribution in [0.25, 0.3) is 0 Å². The van der Waals surface area contributed by atoms with Crippen molar-refractivity contribution in [2.75, 3.05) is 13.2 Å². The number of rotatable bonds is 4. The summed E-state index contributed by atoms with van der Waals surface area (Å²) in [5, 5.41) is 27.2. The lowest BCUT2D eigenvalue weighted by Gasteiger charge is -2.11. The largest absolute Gasteiger partial charge is 0.508 e. The van der Waals surface area contributed by atoms with Gasteiger partial charge in [0.1, 0.15) is 5.75 Å². The van der Waals surface area contributed by atoms with Gasteiger partial charge in [0.2, 0.25) is 0 Å². The molecule has 1 rings (SSSR count). The molecule has 14 heavy (non-hydrogen) atoms. The Bertz CT molecular complexity index is 281. The van der Waals surface area contributed by atoms with Gasteiger partial charge in [0.15, 0.2) is 0 Å². The maximum atomic E-state index is 9.55. The molecule has 1 aromatic rings. The SMILES string of the molecule is OCCc1c(O)ccc(S)c1CCO. The second kappa shape index (κ2) is 5.24. The fourth-order valence-corrected chi connectivity index (χ4v) is 1.77. The summed E-state index contributed by atoms with van der Waals surface area (Å²) < 4.78 is 0. The molecule has 1 aromatic carbocycles. The summed E-state index contributed by atoms with van der Waals surface area (Å²) in [7, 11) is 0. The molecule has 0 amide bonds. The molecule has 0 unspecified atom stereocenters. The molecule has 0 radical (unpaired) electrons. The minimum absolute atomic E-state index is 0.00937. The lowest BCUT2D eigenvalue weighted by atomic mass is 10.0. The van der Waals surface area contributed by atoms with E-state index in [1.54, 1.807) is 12.1 Å². The molecule has 0 bridgehead atoms. The Balaban J connectivity index is 3.12. The summed E-state index contributed by atoms with van der Waals surface area (Å²) in [4.78, 5) is 0.736. The van der Waals surface area contributed by atoms with Crippen LogP contribution in [0.2, 0.25) is 0 Å². The van der Waals surface area contributed by atoms with Crippen LogP contribution in [0.15, 0.2) is 17.0 Å². The van der Waals surface area contributed by atoms with Gasteiger partial charge in [0.05, 0.1) is 0 Å². The topological polar surface area (TPSA) is 60.7 Å². The number of thiol groups is 1. The maximum Gasteiger partial charge on any atom is 0.119 e. The fourth-order valence-electron chi connectivity index (χ4n) is 1.45. The van der Waals surface area contributed by atoms with Crippen molar-refractivity contribution in [3.05, 3.63) is 23.3 Å². The Morgan fingerprint density at radius 1 is 1.00 bits per heavy atom. The second-order valence-corrected chi connectivity index (χ2v) is 3.49. The summed E-state index contributed by atoms with van der Waals surface area (Å²) in [6, 6.07) is 3.23. The van der Waals surface area contributed by atoms with Crippen LogP contribution in [0.4, 0.5) is 0 Å². The first-order valence-electron chi connectivity index (χ1n) is 4.45. The summed E-state index contributed by atoms with van der Waals surface area (Å²) in [5.41, 5.74) is 1.49. The van der Waals surface area contributed by atoms with Gasteiger partial charge in [-0.2, -0.15) is 0 Å². The van der Waals surface area contributed by atoms with Gasteiger partial charge in [0, 0.05) is 23.7 Å². The van der Waals surface area contributed by atoms with Gasteiger partial charge in [-0.05, 0) is 30.5 Å². The highest BCUT2D eigenvalue weighted by Crippen LogP contribution is 2.27. The third-order valence-corrected chi connectivity index (χ3v) is 2.52. The molecule has 0 aliphatic carbocycles. The first-order valence-corrected chi connectivity index (χ1v) is 4.89. The Labute approximate surface area is 88.4 Å². The number of hydrogen-bond donors (Lipinski definition) is 4. The predicted octanol–water partition coefficient (Wildman–Crippen LogP) is 0.750. The van der Waals surface area contributed by atoms with Crippen LogP contribution >= 0.6 is 12.6 Å². The Morgan fingerprint density at radius 3 is 2.14 bits per heavy atom. The first-order chi connectivity index (χ1) is 6.70. The molecule has 78 valence electrons.